The van der Waals surface area contributed by atoms with Crippen molar-refractivity contribution in [3.63, 3.8) is 0 Å². The summed E-state index contributed by atoms with van der Waals surface area (Å²) in [4.78, 5) is 27.6. The number of rotatable bonds is 9. The minimum absolute atomic E-state index is 0.0257. The Morgan fingerprint density at radius 3 is 2.00 bits per heavy atom. The molecule has 1 aliphatic heterocycles. The van der Waals surface area contributed by atoms with Gasteiger partial charge in [-0.1, -0.05) is 36.4 Å². The molecule has 13 heteroatoms. The average molecular weight is 704 g/mol. The molecule has 50 heavy (non-hydrogen) atoms. The fourth-order valence-corrected chi connectivity index (χ4v) is 7.10. The highest BCUT2D eigenvalue weighted by molar-refractivity contribution is 6.22. The van der Waals surface area contributed by atoms with Crippen molar-refractivity contribution in [1.82, 2.24) is 0 Å². The van der Waals surface area contributed by atoms with E-state index in [4.69, 9.17) is 0 Å². The van der Waals surface area contributed by atoms with Crippen LogP contribution in [0.15, 0.2) is 71.8 Å². The highest BCUT2D eigenvalue weighted by Gasteiger charge is 2.55. The molecule has 0 unspecified atom stereocenters. The number of aryl methyl sites for hydroxylation is 2. The molecule has 4 atom stereocenters. The molecule has 0 spiro atoms. The molecule has 0 bridgehead atoms. The summed E-state index contributed by atoms with van der Waals surface area (Å²) in [7, 11) is 0. The molecule has 1 fully saturated rings. The molecule has 4 N–H and O–H groups in total. The number of nitrogens with zero attached hydrogens (tertiary/aromatic N) is 1. The van der Waals surface area contributed by atoms with Crippen LogP contribution >= 0.6 is 0 Å². The number of allylic oxidation sites excluding steroid dienone is 1. The minimum Gasteiger partial charge on any atom is -0.507 e. The van der Waals surface area contributed by atoms with Gasteiger partial charge < -0.3 is 20.4 Å². The van der Waals surface area contributed by atoms with Crippen molar-refractivity contribution >= 4 is 29.2 Å². The number of hydrogen-bond donors (Lipinski definition) is 4. The van der Waals surface area contributed by atoms with E-state index in [-0.39, 0.29) is 47.1 Å². The summed E-state index contributed by atoms with van der Waals surface area (Å²) >= 11 is 0. The summed E-state index contributed by atoms with van der Waals surface area (Å²) in [6.07, 6.45) is -9.93. The highest BCUT2D eigenvalue weighted by atomic mass is 19.4. The van der Waals surface area contributed by atoms with Crippen LogP contribution in [-0.2, 0) is 21.9 Å². The predicted molar refractivity (Wildman–Crippen MR) is 172 cm³/mol. The lowest BCUT2D eigenvalue weighted by Crippen LogP contribution is -2.39. The van der Waals surface area contributed by atoms with Crippen molar-refractivity contribution in [1.29, 1.82) is 0 Å². The van der Waals surface area contributed by atoms with E-state index in [1.54, 1.807) is 26.0 Å². The molecular formula is C37H35F6NO6. The van der Waals surface area contributed by atoms with E-state index in [9.17, 15) is 56.4 Å². The lowest BCUT2D eigenvalue weighted by Gasteiger charge is -2.36. The Hall–Kier alpha value is -4.46. The number of aromatic hydroxyl groups is 1. The molecule has 7 nitrogen and oxygen atoms in total. The Morgan fingerprint density at radius 2 is 1.48 bits per heavy atom. The molecular weight excluding hydrogens is 668 g/mol. The number of carbonyl (C=O) groups is 2. The quantitative estimate of drug-likeness (QED) is 0.0840. The van der Waals surface area contributed by atoms with E-state index in [2.05, 4.69) is 0 Å². The largest absolute Gasteiger partial charge is 0.507 e. The van der Waals surface area contributed by atoms with E-state index in [1.807, 2.05) is 36.4 Å². The normalized spacial score (nSPS) is 20.8. The van der Waals surface area contributed by atoms with Crippen molar-refractivity contribution in [2.75, 3.05) is 18.1 Å². The molecule has 5 rings (SSSR count). The first-order valence-electron chi connectivity index (χ1n) is 15.8. The van der Waals surface area contributed by atoms with Gasteiger partial charge in [0.15, 0.2) is 0 Å². The van der Waals surface area contributed by atoms with Gasteiger partial charge in [0.25, 0.3) is 0 Å². The number of carbonyl (C=O) groups excluding carboxylic acids is 2. The molecule has 2 aliphatic rings. The van der Waals surface area contributed by atoms with Gasteiger partial charge in [0.1, 0.15) is 5.75 Å². The molecule has 0 radical (unpaired) electrons. The van der Waals surface area contributed by atoms with Gasteiger partial charge in [0.05, 0.1) is 48.0 Å². The van der Waals surface area contributed by atoms with Gasteiger partial charge in [-0.2, -0.15) is 26.3 Å². The number of alkyl halides is 6. The molecule has 0 aromatic heterocycles. The number of phenolic OH excluding ortho intramolecular Hbond substituents is 1. The number of amides is 2. The Morgan fingerprint density at radius 1 is 0.900 bits per heavy atom. The van der Waals surface area contributed by atoms with Gasteiger partial charge in [0.2, 0.25) is 11.8 Å². The van der Waals surface area contributed by atoms with Gasteiger partial charge in [-0.3, -0.25) is 9.59 Å². The van der Waals surface area contributed by atoms with Gasteiger partial charge >= 0.3 is 12.4 Å². The molecule has 2 amide bonds. The number of benzene rings is 3. The van der Waals surface area contributed by atoms with Crippen molar-refractivity contribution in [3.05, 3.63) is 105 Å². The van der Waals surface area contributed by atoms with E-state index in [1.165, 1.54) is 0 Å². The van der Waals surface area contributed by atoms with Crippen LogP contribution in [0, 0.1) is 31.6 Å². The molecule has 3 aromatic rings. The van der Waals surface area contributed by atoms with Crippen molar-refractivity contribution < 1.29 is 56.4 Å². The van der Waals surface area contributed by atoms with Crippen LogP contribution in [0.3, 0.4) is 0 Å². The Labute approximate surface area is 283 Å². The van der Waals surface area contributed by atoms with Crippen LogP contribution in [0.1, 0.15) is 52.6 Å². The average Bonchev–Trinajstić information content (AvgIpc) is 3.32. The minimum atomic E-state index is -5.22. The number of aliphatic hydroxyl groups is 3. The lowest BCUT2D eigenvalue weighted by molar-refractivity contribution is -0.143. The summed E-state index contributed by atoms with van der Waals surface area (Å²) in [5, 5.41) is 42.6. The first-order valence-corrected chi connectivity index (χ1v) is 15.8. The third-order valence-corrected chi connectivity index (χ3v) is 9.45. The number of anilines is 1. The van der Waals surface area contributed by atoms with E-state index >= 15 is 0 Å². The third-order valence-electron chi connectivity index (χ3n) is 9.45. The van der Waals surface area contributed by atoms with E-state index in [0.29, 0.717) is 23.3 Å². The maximum Gasteiger partial charge on any atom is 0.416 e. The molecule has 0 saturated carbocycles. The summed E-state index contributed by atoms with van der Waals surface area (Å²) in [5.41, 5.74) is -0.359. The van der Waals surface area contributed by atoms with Crippen LogP contribution in [0.25, 0.3) is 11.6 Å². The first-order chi connectivity index (χ1) is 23.5. The molecule has 1 saturated heterocycles. The standard InChI is InChI=1S/C37H35F6NO6/c1-19-10-21(11-20(2)33(19)48)12-23(22-6-4-3-5-7-22)8-9-30(47)31-24(17-45)13-28-32(29(31)18-46)35(50)44(34(28)49)27-15-25(36(38,39)40)14-26(16-27)37(41,42)43/h3-7,10-12,14-16,28-30,32,45-48H,8-9,13,17-18H2,1-2H3/b23-12-/t28-,29+,30-,32-/m1/s1. The monoisotopic (exact) mass is 703 g/mol. The van der Waals surface area contributed by atoms with Gasteiger partial charge in [0, 0.05) is 5.92 Å². The second-order valence-electron chi connectivity index (χ2n) is 12.7. The zero-order chi connectivity index (χ0) is 36.7. The number of fused-ring (bicyclic) bond motifs is 1. The predicted octanol–water partition coefficient (Wildman–Crippen LogP) is 6.84. The SMILES string of the molecule is Cc1cc(/C=C(/CC[C@@H](O)C2=C(CO)C[C@H]3C(=O)N(c4cc(C(F)(F)F)cc(C(F)(F)F)c4)C(=O)[C@H]3[C@H]2CO)c2ccccc2)cc(C)c1O. The lowest BCUT2D eigenvalue weighted by atomic mass is 9.68. The fourth-order valence-electron chi connectivity index (χ4n) is 7.10. The molecule has 3 aromatic carbocycles. The number of aliphatic hydroxyl groups excluding tert-OH is 3. The number of phenols is 1. The van der Waals surface area contributed by atoms with Gasteiger partial charge in [-0.05, 0) is 102 Å². The summed E-state index contributed by atoms with van der Waals surface area (Å²) in [6, 6.07) is 13.3. The number of halogens is 6. The highest BCUT2D eigenvalue weighted by Crippen LogP contribution is 2.48. The second-order valence-corrected chi connectivity index (χ2v) is 12.7. The topological polar surface area (TPSA) is 118 Å². The van der Waals surface area contributed by atoms with Crippen molar-refractivity contribution in [3.8, 4) is 5.75 Å². The van der Waals surface area contributed by atoms with Crippen molar-refractivity contribution in [2.24, 2.45) is 17.8 Å². The maximum atomic E-state index is 13.8. The van der Waals surface area contributed by atoms with E-state index in [0.717, 1.165) is 16.7 Å². The van der Waals surface area contributed by atoms with Crippen LogP contribution in [-0.4, -0.2) is 51.6 Å². The fraction of sp³-hybridized carbons (Fsp3) is 0.351. The van der Waals surface area contributed by atoms with Crippen LogP contribution < -0.4 is 4.90 Å². The third kappa shape index (κ3) is 7.21. The van der Waals surface area contributed by atoms with Gasteiger partial charge in [-0.15, -0.1) is 0 Å². The number of hydrogen-bond acceptors (Lipinski definition) is 6. The van der Waals surface area contributed by atoms with E-state index < -0.39 is 78.1 Å². The summed E-state index contributed by atoms with van der Waals surface area (Å²) in [5.74, 6) is -5.99. The maximum absolute atomic E-state index is 13.8. The molecule has 266 valence electrons. The smallest absolute Gasteiger partial charge is 0.416 e. The van der Waals surface area contributed by atoms with Crippen LogP contribution in [0.2, 0.25) is 0 Å². The Balaban J connectivity index is 1.48. The number of imide groups is 1. The Kier molecular flexibility index (Phi) is 10.3. The Bertz CT molecular complexity index is 1790. The molecule has 1 heterocycles. The zero-order valence-electron chi connectivity index (χ0n) is 27.0. The van der Waals surface area contributed by atoms with Gasteiger partial charge in [-0.25, -0.2) is 4.90 Å². The van der Waals surface area contributed by atoms with Crippen LogP contribution in [0.5, 0.6) is 5.75 Å². The van der Waals surface area contributed by atoms with Crippen LogP contribution in [0.4, 0.5) is 32.0 Å². The first kappa shape index (κ1) is 36.8. The van der Waals surface area contributed by atoms with Crippen molar-refractivity contribution in [2.45, 2.75) is 51.6 Å². The summed E-state index contributed by atoms with van der Waals surface area (Å²) < 4.78 is 81.7. The summed E-state index contributed by atoms with van der Waals surface area (Å²) in [6.45, 7) is 2.05. The zero-order valence-corrected chi connectivity index (χ0v) is 27.0. The molecule has 1 aliphatic carbocycles. The second kappa shape index (κ2) is 14.0.